The Bertz CT molecular complexity index is 790. The Morgan fingerprint density at radius 2 is 1.79 bits per heavy atom. The fraction of sp³-hybridized carbons (Fsp3) is 0.389. The Balaban J connectivity index is 2.61. The molecule has 28 heavy (non-hydrogen) atoms. The SMILES string of the molecule is C=C(C)C(=O)NCCCNC(=O)COc1cc([N+](=O)[O-])c(C(C)=O)cc1OC. The molecule has 10 nitrogen and oxygen atoms in total. The van der Waals surface area contributed by atoms with Crippen molar-refractivity contribution in [1.29, 1.82) is 0 Å². The third-order valence-corrected chi connectivity index (χ3v) is 3.57. The van der Waals surface area contributed by atoms with Crippen LogP contribution < -0.4 is 20.1 Å². The Hall–Kier alpha value is -3.43. The van der Waals surface area contributed by atoms with Crippen LogP contribution in [0.15, 0.2) is 24.3 Å². The lowest BCUT2D eigenvalue weighted by Gasteiger charge is -2.12. The fourth-order valence-corrected chi connectivity index (χ4v) is 2.12. The first-order valence-corrected chi connectivity index (χ1v) is 8.38. The largest absolute Gasteiger partial charge is 0.493 e. The summed E-state index contributed by atoms with van der Waals surface area (Å²) in [5.41, 5.74) is -0.149. The summed E-state index contributed by atoms with van der Waals surface area (Å²) in [7, 11) is 1.32. The summed E-state index contributed by atoms with van der Waals surface area (Å²) in [6, 6.07) is 2.26. The molecule has 1 aromatic rings. The Morgan fingerprint density at radius 1 is 1.14 bits per heavy atom. The lowest BCUT2D eigenvalue weighted by molar-refractivity contribution is -0.385. The van der Waals surface area contributed by atoms with Gasteiger partial charge in [-0.2, -0.15) is 0 Å². The van der Waals surface area contributed by atoms with Crippen molar-refractivity contribution in [2.75, 3.05) is 26.8 Å². The smallest absolute Gasteiger partial charge is 0.284 e. The van der Waals surface area contributed by atoms with Crippen molar-refractivity contribution in [3.8, 4) is 11.5 Å². The molecule has 0 aromatic heterocycles. The highest BCUT2D eigenvalue weighted by molar-refractivity contribution is 5.99. The van der Waals surface area contributed by atoms with Gasteiger partial charge in [0.25, 0.3) is 11.6 Å². The zero-order valence-corrected chi connectivity index (χ0v) is 16.0. The summed E-state index contributed by atoms with van der Waals surface area (Å²) in [4.78, 5) is 45.2. The van der Waals surface area contributed by atoms with Gasteiger partial charge in [0.1, 0.15) is 0 Å². The number of carbonyl (C=O) groups is 3. The molecule has 2 N–H and O–H groups in total. The monoisotopic (exact) mass is 393 g/mol. The second kappa shape index (κ2) is 10.7. The molecule has 10 heteroatoms. The van der Waals surface area contributed by atoms with E-state index in [0.29, 0.717) is 25.1 Å². The van der Waals surface area contributed by atoms with Crippen molar-refractivity contribution in [3.05, 3.63) is 40.0 Å². The second-order valence-corrected chi connectivity index (χ2v) is 5.86. The molecule has 0 saturated heterocycles. The first-order chi connectivity index (χ1) is 13.2. The molecule has 1 aromatic carbocycles. The summed E-state index contributed by atoms with van der Waals surface area (Å²) in [6.07, 6.45) is 0.507. The van der Waals surface area contributed by atoms with E-state index in [1.807, 2.05) is 0 Å². The lowest BCUT2D eigenvalue weighted by Crippen LogP contribution is -2.32. The zero-order valence-electron chi connectivity index (χ0n) is 16.0. The number of nitrogens with one attached hydrogen (secondary N) is 2. The molecule has 0 unspecified atom stereocenters. The number of Topliss-reactive ketones (excluding diaryl/α,β-unsaturated/α-hetero) is 1. The first-order valence-electron chi connectivity index (χ1n) is 8.38. The van der Waals surface area contributed by atoms with Crippen LogP contribution in [0.2, 0.25) is 0 Å². The van der Waals surface area contributed by atoms with Crippen LogP contribution in [0.3, 0.4) is 0 Å². The molecule has 0 heterocycles. The van der Waals surface area contributed by atoms with E-state index in [1.54, 1.807) is 6.92 Å². The van der Waals surface area contributed by atoms with E-state index < -0.39 is 28.9 Å². The Kier molecular flexibility index (Phi) is 8.60. The summed E-state index contributed by atoms with van der Waals surface area (Å²) >= 11 is 0. The van der Waals surface area contributed by atoms with Crippen molar-refractivity contribution in [3.63, 3.8) is 0 Å². The molecule has 2 amide bonds. The number of ether oxygens (including phenoxy) is 2. The maximum atomic E-state index is 11.8. The maximum absolute atomic E-state index is 11.8. The number of benzene rings is 1. The van der Waals surface area contributed by atoms with Crippen molar-refractivity contribution < 1.29 is 28.8 Å². The number of nitro benzene ring substituents is 1. The molecule has 1 rings (SSSR count). The molecular weight excluding hydrogens is 370 g/mol. The van der Waals surface area contributed by atoms with Crippen LogP contribution in [0.1, 0.15) is 30.6 Å². The van der Waals surface area contributed by atoms with Crippen LogP contribution in [-0.4, -0.2) is 49.3 Å². The van der Waals surface area contributed by atoms with E-state index in [1.165, 1.54) is 20.1 Å². The predicted molar refractivity (Wildman–Crippen MR) is 101 cm³/mol. The van der Waals surface area contributed by atoms with Gasteiger partial charge in [-0.05, 0) is 20.3 Å². The molecule has 0 bridgehead atoms. The number of nitrogens with zero attached hydrogens (tertiary/aromatic N) is 1. The van der Waals surface area contributed by atoms with Crippen LogP contribution >= 0.6 is 0 Å². The third kappa shape index (κ3) is 6.71. The molecule has 0 spiro atoms. The van der Waals surface area contributed by atoms with Gasteiger partial charge in [0.15, 0.2) is 23.9 Å². The molecule has 0 aliphatic heterocycles. The number of methoxy groups -OCH3 is 1. The highest BCUT2D eigenvalue weighted by Gasteiger charge is 2.22. The van der Waals surface area contributed by atoms with Gasteiger partial charge < -0.3 is 20.1 Å². The molecule has 0 radical (unpaired) electrons. The molecule has 0 aliphatic rings. The number of hydrogen-bond acceptors (Lipinski definition) is 7. The standard InChI is InChI=1S/C18H23N3O7/c1-11(2)18(24)20-7-5-6-19-17(23)10-28-16-9-14(21(25)26)13(12(3)22)8-15(16)27-4/h8-9H,1,5-7,10H2,2-4H3,(H,19,23)(H,20,24). The predicted octanol–water partition coefficient (Wildman–Crippen LogP) is 1.38. The van der Waals surface area contributed by atoms with Gasteiger partial charge in [-0.1, -0.05) is 6.58 Å². The first kappa shape index (κ1) is 22.6. The minimum atomic E-state index is -0.706. The van der Waals surface area contributed by atoms with Crippen LogP contribution in [0.5, 0.6) is 11.5 Å². The lowest BCUT2D eigenvalue weighted by atomic mass is 10.1. The quantitative estimate of drug-likeness (QED) is 0.190. The molecule has 0 saturated carbocycles. The van der Waals surface area contributed by atoms with Gasteiger partial charge in [-0.15, -0.1) is 0 Å². The number of ketones is 1. The van der Waals surface area contributed by atoms with Gasteiger partial charge in [0.05, 0.1) is 23.7 Å². The third-order valence-electron chi connectivity index (χ3n) is 3.57. The van der Waals surface area contributed by atoms with E-state index in [9.17, 15) is 24.5 Å². The van der Waals surface area contributed by atoms with Crippen LogP contribution in [-0.2, 0) is 9.59 Å². The fourth-order valence-electron chi connectivity index (χ4n) is 2.12. The van der Waals surface area contributed by atoms with E-state index in [0.717, 1.165) is 6.07 Å². The average Bonchev–Trinajstić information content (AvgIpc) is 2.64. The average molecular weight is 393 g/mol. The van der Waals surface area contributed by atoms with E-state index in [2.05, 4.69) is 17.2 Å². The van der Waals surface area contributed by atoms with E-state index in [-0.39, 0.29) is 23.0 Å². The van der Waals surface area contributed by atoms with Gasteiger partial charge in [0.2, 0.25) is 5.91 Å². The minimum absolute atomic E-state index is 0.0249. The minimum Gasteiger partial charge on any atom is -0.493 e. The maximum Gasteiger partial charge on any atom is 0.284 e. The summed E-state index contributed by atoms with van der Waals surface area (Å²) < 4.78 is 10.4. The highest BCUT2D eigenvalue weighted by Crippen LogP contribution is 2.34. The Labute approximate surface area is 162 Å². The number of carbonyl (C=O) groups excluding carboxylic acids is 3. The highest BCUT2D eigenvalue weighted by atomic mass is 16.6. The van der Waals surface area contributed by atoms with Gasteiger partial charge in [-0.3, -0.25) is 24.5 Å². The van der Waals surface area contributed by atoms with Crippen molar-refractivity contribution in [2.45, 2.75) is 20.3 Å². The molecule has 0 aliphatic carbocycles. The van der Waals surface area contributed by atoms with Crippen LogP contribution in [0.4, 0.5) is 5.69 Å². The zero-order chi connectivity index (χ0) is 21.3. The number of amides is 2. The Morgan fingerprint density at radius 3 is 2.32 bits per heavy atom. The molecule has 0 fully saturated rings. The second-order valence-electron chi connectivity index (χ2n) is 5.86. The molecule has 0 atom stereocenters. The summed E-state index contributed by atoms with van der Waals surface area (Å²) in [6.45, 7) is 6.59. The van der Waals surface area contributed by atoms with Gasteiger partial charge >= 0.3 is 0 Å². The van der Waals surface area contributed by atoms with E-state index in [4.69, 9.17) is 9.47 Å². The van der Waals surface area contributed by atoms with Gasteiger partial charge in [-0.25, -0.2) is 0 Å². The molecular formula is C18H23N3O7. The summed E-state index contributed by atoms with van der Waals surface area (Å²) in [5, 5.41) is 16.4. The number of hydrogen-bond donors (Lipinski definition) is 2. The van der Waals surface area contributed by atoms with Gasteiger partial charge in [0, 0.05) is 24.7 Å². The van der Waals surface area contributed by atoms with E-state index >= 15 is 0 Å². The van der Waals surface area contributed by atoms with Crippen molar-refractivity contribution in [1.82, 2.24) is 10.6 Å². The molecule has 152 valence electrons. The van der Waals surface area contributed by atoms with Crippen LogP contribution in [0.25, 0.3) is 0 Å². The van der Waals surface area contributed by atoms with Crippen molar-refractivity contribution >= 4 is 23.3 Å². The summed E-state index contributed by atoms with van der Waals surface area (Å²) in [5.74, 6) is -1.12. The normalized spacial score (nSPS) is 9.96. The van der Waals surface area contributed by atoms with Crippen LogP contribution in [0, 0.1) is 10.1 Å². The number of nitro groups is 1. The number of rotatable bonds is 11. The topological polar surface area (TPSA) is 137 Å². The van der Waals surface area contributed by atoms with Crippen molar-refractivity contribution in [2.24, 2.45) is 0 Å².